The normalized spacial score (nSPS) is 13.9. The summed E-state index contributed by atoms with van der Waals surface area (Å²) in [6, 6.07) is 0. The first-order valence-corrected chi connectivity index (χ1v) is 17.5. The lowest BCUT2D eigenvalue weighted by Crippen LogP contribution is -2.29. The van der Waals surface area contributed by atoms with E-state index < -0.39 is 32.5 Å². The highest BCUT2D eigenvalue weighted by Crippen LogP contribution is 2.35. The fourth-order valence-electron chi connectivity index (χ4n) is 4.03. The number of allylic oxidation sites excluding steroid dienone is 7. The van der Waals surface area contributed by atoms with E-state index in [4.69, 9.17) is 19.3 Å². The topological polar surface area (TPSA) is 140 Å². The summed E-state index contributed by atoms with van der Waals surface area (Å²) in [4.78, 5) is 42.3. The zero-order chi connectivity index (χ0) is 32.0. The Morgan fingerprint density at radius 3 is 1.86 bits per heavy atom. The highest BCUT2D eigenvalue weighted by molar-refractivity contribution is 7.46. The summed E-state index contributed by atoms with van der Waals surface area (Å²) >= 11 is 0. The molecule has 43 heavy (non-hydrogen) atoms. The third kappa shape index (κ3) is 31.2. The van der Waals surface area contributed by atoms with Crippen LogP contribution in [0.15, 0.2) is 48.6 Å². The minimum absolute atomic E-state index is 0.120. The largest absolute Gasteiger partial charge is 0.469 e. The summed E-state index contributed by atoms with van der Waals surface area (Å²) in [5.41, 5.74) is 0. The number of ether oxygens (including phenoxy) is 2. The molecule has 2 atom stereocenters. The van der Waals surface area contributed by atoms with Gasteiger partial charge >= 0.3 is 19.8 Å². The number of phosphoric ester groups is 1. The van der Waals surface area contributed by atoms with Gasteiger partial charge in [-0.25, -0.2) is 4.57 Å². The van der Waals surface area contributed by atoms with Gasteiger partial charge in [0.1, 0.15) is 6.61 Å². The number of carbonyl (C=O) groups excluding carboxylic acids is 2. The summed E-state index contributed by atoms with van der Waals surface area (Å²) < 4.78 is 26.0. The number of hydrogen-bond acceptors (Lipinski definition) is 7. The van der Waals surface area contributed by atoms with Crippen LogP contribution in [0.4, 0.5) is 0 Å². The van der Waals surface area contributed by atoms with Crippen molar-refractivity contribution in [3.8, 4) is 0 Å². The van der Waals surface area contributed by atoms with Gasteiger partial charge in [-0.15, -0.1) is 0 Å². The number of unbranched alkanes of at least 4 members (excludes halogenated alkanes) is 7. The van der Waals surface area contributed by atoms with Gasteiger partial charge in [0.05, 0.1) is 12.7 Å². The lowest BCUT2D eigenvalue weighted by atomic mass is 10.1. The van der Waals surface area contributed by atoms with Crippen molar-refractivity contribution >= 4 is 19.8 Å². The second-order valence-corrected chi connectivity index (χ2v) is 11.9. The SMILES string of the molecule is CCCCCCCCCC(=O)OC[C@H](COP(=O)(O)O)OC(=O)CCC/C=C\C/C=C\C/C=C\C/C=C\CC(O)CCC. The fraction of sp³-hybridized carbons (Fsp3) is 0.697. The first-order chi connectivity index (χ1) is 20.7. The summed E-state index contributed by atoms with van der Waals surface area (Å²) in [5.74, 6) is -0.984. The molecule has 9 nitrogen and oxygen atoms in total. The molecular formula is C33H57O9P. The van der Waals surface area contributed by atoms with Crippen LogP contribution in [0.1, 0.15) is 123 Å². The molecule has 0 fully saturated rings. The van der Waals surface area contributed by atoms with Crippen LogP contribution in [0.2, 0.25) is 0 Å². The third-order valence-electron chi connectivity index (χ3n) is 6.41. The molecule has 0 aliphatic heterocycles. The van der Waals surface area contributed by atoms with Gasteiger partial charge in [0.2, 0.25) is 0 Å². The van der Waals surface area contributed by atoms with Gasteiger partial charge in [-0.2, -0.15) is 0 Å². The average molecular weight is 629 g/mol. The minimum Gasteiger partial charge on any atom is -0.462 e. The molecule has 0 aliphatic carbocycles. The van der Waals surface area contributed by atoms with Crippen molar-refractivity contribution in [2.24, 2.45) is 0 Å². The van der Waals surface area contributed by atoms with Crippen molar-refractivity contribution in [1.29, 1.82) is 0 Å². The number of aliphatic hydroxyl groups is 1. The van der Waals surface area contributed by atoms with E-state index in [1.165, 1.54) is 19.3 Å². The zero-order valence-corrected chi connectivity index (χ0v) is 27.3. The van der Waals surface area contributed by atoms with Crippen LogP contribution in [-0.4, -0.2) is 52.3 Å². The van der Waals surface area contributed by atoms with E-state index in [0.29, 0.717) is 25.7 Å². The van der Waals surface area contributed by atoms with E-state index in [2.05, 4.69) is 48.8 Å². The Labute approximate surface area is 259 Å². The Kier molecular flexibility index (Phi) is 27.4. The molecule has 0 rings (SSSR count). The molecule has 0 aliphatic rings. The summed E-state index contributed by atoms with van der Waals surface area (Å²) in [7, 11) is -4.76. The lowest BCUT2D eigenvalue weighted by Gasteiger charge is -2.18. The zero-order valence-electron chi connectivity index (χ0n) is 26.4. The van der Waals surface area contributed by atoms with E-state index in [1.54, 1.807) is 0 Å². The van der Waals surface area contributed by atoms with E-state index in [0.717, 1.165) is 51.4 Å². The van der Waals surface area contributed by atoms with E-state index >= 15 is 0 Å². The van der Waals surface area contributed by atoms with Gasteiger partial charge < -0.3 is 24.4 Å². The predicted molar refractivity (Wildman–Crippen MR) is 171 cm³/mol. The molecule has 0 saturated heterocycles. The Morgan fingerprint density at radius 2 is 1.26 bits per heavy atom. The van der Waals surface area contributed by atoms with Crippen molar-refractivity contribution in [2.45, 2.75) is 135 Å². The maximum absolute atomic E-state index is 12.2. The number of esters is 2. The molecule has 0 aromatic rings. The van der Waals surface area contributed by atoms with Crippen molar-refractivity contribution in [3.05, 3.63) is 48.6 Å². The van der Waals surface area contributed by atoms with E-state index in [1.807, 2.05) is 18.2 Å². The van der Waals surface area contributed by atoms with E-state index in [-0.39, 0.29) is 25.6 Å². The Bertz CT molecular complexity index is 860. The maximum atomic E-state index is 12.2. The molecule has 248 valence electrons. The van der Waals surface area contributed by atoms with Crippen molar-refractivity contribution in [2.75, 3.05) is 13.2 Å². The molecule has 0 aromatic carbocycles. The number of aliphatic hydroxyl groups excluding tert-OH is 1. The standard InChI is InChI=1S/C33H57O9P/c1-3-5-6-7-15-19-22-26-32(35)40-28-31(29-41-43(37,38)39)42-33(36)27-23-20-17-14-12-10-8-9-11-13-16-18-21-25-30(34)24-4-2/h8,10-11,13-14,17-18,21,30-31,34H,3-7,9,12,15-16,19-20,22-29H2,1-2H3,(H2,37,38,39)/b10-8-,13-11-,17-14-,21-18-/t30?,31-/m1/s1. The van der Waals surface area contributed by atoms with Gasteiger partial charge in [-0.1, -0.05) is 107 Å². The summed E-state index contributed by atoms with van der Waals surface area (Å²) in [6.45, 7) is 3.34. The molecule has 10 heteroatoms. The second kappa shape index (κ2) is 28.7. The predicted octanol–water partition coefficient (Wildman–Crippen LogP) is 7.81. The van der Waals surface area contributed by atoms with Crippen LogP contribution < -0.4 is 0 Å². The van der Waals surface area contributed by atoms with Gasteiger partial charge in [0, 0.05) is 12.8 Å². The summed E-state index contributed by atoms with van der Waals surface area (Å²) in [5, 5.41) is 9.67. The van der Waals surface area contributed by atoms with Gasteiger partial charge in [-0.3, -0.25) is 14.1 Å². The number of phosphoric acid groups is 1. The highest BCUT2D eigenvalue weighted by atomic mass is 31.2. The average Bonchev–Trinajstić information content (AvgIpc) is 2.95. The number of carbonyl (C=O) groups is 2. The Balaban J connectivity index is 4.16. The van der Waals surface area contributed by atoms with Crippen molar-refractivity contribution in [3.63, 3.8) is 0 Å². The van der Waals surface area contributed by atoms with Crippen LogP contribution in [0.3, 0.4) is 0 Å². The molecular weight excluding hydrogens is 571 g/mol. The minimum atomic E-state index is -4.76. The molecule has 3 N–H and O–H groups in total. The van der Waals surface area contributed by atoms with Crippen molar-refractivity contribution < 1.29 is 43.0 Å². The lowest BCUT2D eigenvalue weighted by molar-refractivity contribution is -0.161. The first kappa shape index (κ1) is 41.0. The molecule has 0 radical (unpaired) electrons. The van der Waals surface area contributed by atoms with Gasteiger partial charge in [0.15, 0.2) is 6.10 Å². The molecule has 0 amide bonds. The Hall–Kier alpha value is -2.03. The van der Waals surface area contributed by atoms with Gasteiger partial charge in [-0.05, 0) is 51.4 Å². The first-order valence-electron chi connectivity index (χ1n) is 16.0. The number of rotatable bonds is 28. The van der Waals surface area contributed by atoms with E-state index in [9.17, 15) is 19.3 Å². The van der Waals surface area contributed by atoms with Crippen LogP contribution >= 0.6 is 7.82 Å². The molecule has 0 spiro atoms. The van der Waals surface area contributed by atoms with Crippen LogP contribution in [0, 0.1) is 0 Å². The fourth-order valence-corrected chi connectivity index (χ4v) is 4.39. The molecule has 0 saturated carbocycles. The quantitative estimate of drug-likeness (QED) is 0.0342. The Morgan fingerprint density at radius 1 is 0.698 bits per heavy atom. The maximum Gasteiger partial charge on any atom is 0.469 e. The third-order valence-corrected chi connectivity index (χ3v) is 6.89. The molecule has 0 heterocycles. The molecule has 0 aromatic heterocycles. The number of hydrogen-bond donors (Lipinski definition) is 3. The van der Waals surface area contributed by atoms with Crippen LogP contribution in [0.25, 0.3) is 0 Å². The monoisotopic (exact) mass is 628 g/mol. The molecule has 0 bridgehead atoms. The highest BCUT2D eigenvalue weighted by Gasteiger charge is 2.22. The molecule has 1 unspecified atom stereocenters. The van der Waals surface area contributed by atoms with Crippen LogP contribution in [0.5, 0.6) is 0 Å². The van der Waals surface area contributed by atoms with Gasteiger partial charge in [0.25, 0.3) is 0 Å². The second-order valence-electron chi connectivity index (χ2n) is 10.6. The van der Waals surface area contributed by atoms with Crippen molar-refractivity contribution in [1.82, 2.24) is 0 Å². The summed E-state index contributed by atoms with van der Waals surface area (Å²) in [6.07, 6.45) is 29.3. The van der Waals surface area contributed by atoms with Crippen LogP contribution in [-0.2, 0) is 28.2 Å². The smallest absolute Gasteiger partial charge is 0.462 e.